The second kappa shape index (κ2) is 4.13. The van der Waals surface area contributed by atoms with Crippen molar-refractivity contribution in [1.82, 2.24) is 0 Å². The number of nitrogens with two attached hydrogens (primary N) is 1. The van der Waals surface area contributed by atoms with E-state index in [2.05, 4.69) is 0 Å². The number of rotatable bonds is 2. The average Bonchev–Trinajstić information content (AvgIpc) is 2.65. The maximum Gasteiger partial charge on any atom is 0.166 e. The summed E-state index contributed by atoms with van der Waals surface area (Å²) in [5.41, 5.74) is 6.74. The summed E-state index contributed by atoms with van der Waals surface area (Å²) in [6.07, 6.45) is 6.49. The zero-order valence-electron chi connectivity index (χ0n) is 8.37. The van der Waals surface area contributed by atoms with E-state index < -0.39 is 0 Å². The van der Waals surface area contributed by atoms with Gasteiger partial charge in [0.1, 0.15) is 0 Å². The molecule has 1 fully saturated rings. The van der Waals surface area contributed by atoms with Crippen LogP contribution in [-0.4, -0.2) is 18.4 Å². The van der Waals surface area contributed by atoms with Gasteiger partial charge in [-0.15, -0.1) is 0 Å². The fraction of sp³-hybridized carbons (Fsp3) is 0.727. The van der Waals surface area contributed by atoms with Crippen molar-refractivity contribution in [1.29, 1.82) is 0 Å². The summed E-state index contributed by atoms with van der Waals surface area (Å²) in [4.78, 5) is 12.0. The van der Waals surface area contributed by atoms with Crippen LogP contribution in [0.25, 0.3) is 0 Å². The average molecular weight is 195 g/mol. The highest BCUT2D eigenvalue weighted by molar-refractivity contribution is 5.97. The molecule has 1 heterocycles. The molecule has 0 bridgehead atoms. The predicted molar refractivity (Wildman–Crippen MR) is 53.6 cm³/mol. The summed E-state index contributed by atoms with van der Waals surface area (Å²) in [6.45, 7) is 0.744. The number of ketones is 1. The van der Waals surface area contributed by atoms with Crippen LogP contribution in [0.3, 0.4) is 0 Å². The number of ether oxygens (including phenoxy) is 1. The van der Waals surface area contributed by atoms with E-state index in [1.807, 2.05) is 0 Å². The first-order chi connectivity index (χ1) is 6.79. The molecule has 1 aliphatic heterocycles. The minimum atomic E-state index is 0.0583. The zero-order chi connectivity index (χ0) is 9.97. The van der Waals surface area contributed by atoms with Crippen molar-refractivity contribution < 1.29 is 9.53 Å². The molecule has 0 aromatic rings. The molecular formula is C11H17NO2. The molecule has 3 heteroatoms. The van der Waals surface area contributed by atoms with Gasteiger partial charge in [0.15, 0.2) is 5.78 Å². The number of carbonyl (C=O) groups is 1. The Balaban J connectivity index is 2.03. The molecule has 2 unspecified atom stereocenters. The molecule has 0 aromatic heterocycles. The highest BCUT2D eigenvalue weighted by Crippen LogP contribution is 2.29. The van der Waals surface area contributed by atoms with Crippen molar-refractivity contribution in [3.8, 4) is 0 Å². The molecule has 1 saturated carbocycles. The summed E-state index contributed by atoms with van der Waals surface area (Å²) in [5.74, 6) is 0.289. The predicted octanol–water partition coefficient (Wildman–Crippen LogP) is 1.38. The smallest absolute Gasteiger partial charge is 0.166 e. The van der Waals surface area contributed by atoms with Crippen LogP contribution >= 0.6 is 0 Å². The van der Waals surface area contributed by atoms with Gasteiger partial charge in [0.2, 0.25) is 0 Å². The SMILES string of the molecule is NC1CCCC1C(=O)C1=COCCC1. The van der Waals surface area contributed by atoms with E-state index in [-0.39, 0.29) is 17.7 Å². The van der Waals surface area contributed by atoms with Crippen LogP contribution in [0.1, 0.15) is 32.1 Å². The molecule has 2 aliphatic rings. The Morgan fingerprint density at radius 1 is 1.43 bits per heavy atom. The monoisotopic (exact) mass is 195 g/mol. The minimum Gasteiger partial charge on any atom is -0.501 e. The quantitative estimate of drug-likeness (QED) is 0.724. The third-order valence-electron chi connectivity index (χ3n) is 3.16. The molecule has 0 aromatic carbocycles. The standard InChI is InChI=1S/C11H17NO2/c12-10-5-1-4-9(10)11(13)8-3-2-6-14-7-8/h7,9-10H,1-6,12H2. The van der Waals surface area contributed by atoms with Gasteiger partial charge in [0, 0.05) is 17.5 Å². The molecule has 78 valence electrons. The molecule has 2 N–H and O–H groups in total. The van der Waals surface area contributed by atoms with Crippen molar-refractivity contribution in [3.05, 3.63) is 11.8 Å². The fourth-order valence-corrected chi connectivity index (χ4v) is 2.30. The van der Waals surface area contributed by atoms with Crippen molar-refractivity contribution in [3.63, 3.8) is 0 Å². The Labute approximate surface area is 84.3 Å². The van der Waals surface area contributed by atoms with E-state index in [1.165, 1.54) is 0 Å². The normalized spacial score (nSPS) is 32.2. The molecule has 0 amide bonds. The van der Waals surface area contributed by atoms with Crippen molar-refractivity contribution in [2.75, 3.05) is 6.61 Å². The van der Waals surface area contributed by atoms with Crippen LogP contribution in [-0.2, 0) is 9.53 Å². The lowest BCUT2D eigenvalue weighted by atomic mass is 9.91. The topological polar surface area (TPSA) is 52.3 Å². The summed E-state index contributed by atoms with van der Waals surface area (Å²) >= 11 is 0. The van der Waals surface area contributed by atoms with Gasteiger partial charge in [-0.3, -0.25) is 4.79 Å². The number of hydrogen-bond donors (Lipinski definition) is 1. The lowest BCUT2D eigenvalue weighted by molar-refractivity contribution is -0.119. The van der Waals surface area contributed by atoms with Gasteiger partial charge in [0.05, 0.1) is 12.9 Å². The van der Waals surface area contributed by atoms with E-state index in [1.54, 1.807) is 6.26 Å². The Bertz CT molecular complexity index is 260. The van der Waals surface area contributed by atoms with Crippen LogP contribution in [0.15, 0.2) is 11.8 Å². The zero-order valence-corrected chi connectivity index (χ0v) is 8.37. The maximum atomic E-state index is 12.0. The van der Waals surface area contributed by atoms with E-state index in [0.717, 1.165) is 44.3 Å². The summed E-state index contributed by atoms with van der Waals surface area (Å²) < 4.78 is 5.17. The minimum absolute atomic E-state index is 0.0583. The lowest BCUT2D eigenvalue weighted by Gasteiger charge is -2.18. The molecular weight excluding hydrogens is 178 g/mol. The Hall–Kier alpha value is -0.830. The Kier molecular flexibility index (Phi) is 2.87. The van der Waals surface area contributed by atoms with Gasteiger partial charge in [-0.1, -0.05) is 6.42 Å². The molecule has 2 atom stereocenters. The third-order valence-corrected chi connectivity index (χ3v) is 3.16. The first-order valence-electron chi connectivity index (χ1n) is 5.39. The third kappa shape index (κ3) is 1.82. The molecule has 2 rings (SSSR count). The van der Waals surface area contributed by atoms with Gasteiger partial charge in [-0.2, -0.15) is 0 Å². The molecule has 14 heavy (non-hydrogen) atoms. The van der Waals surface area contributed by atoms with Crippen LogP contribution in [0.5, 0.6) is 0 Å². The van der Waals surface area contributed by atoms with E-state index in [0.29, 0.717) is 0 Å². The second-order valence-corrected chi connectivity index (χ2v) is 4.18. The van der Waals surface area contributed by atoms with Gasteiger partial charge in [0.25, 0.3) is 0 Å². The van der Waals surface area contributed by atoms with Crippen molar-refractivity contribution in [2.24, 2.45) is 11.7 Å². The van der Waals surface area contributed by atoms with Crippen LogP contribution < -0.4 is 5.73 Å². The number of Topliss-reactive ketones (excluding diaryl/α,β-unsaturated/α-hetero) is 1. The number of hydrogen-bond acceptors (Lipinski definition) is 3. The molecule has 0 radical (unpaired) electrons. The van der Waals surface area contributed by atoms with Crippen molar-refractivity contribution >= 4 is 5.78 Å². The van der Waals surface area contributed by atoms with Crippen LogP contribution in [0, 0.1) is 5.92 Å². The first kappa shape index (κ1) is 9.71. The van der Waals surface area contributed by atoms with Crippen molar-refractivity contribution in [2.45, 2.75) is 38.1 Å². The van der Waals surface area contributed by atoms with E-state index in [9.17, 15) is 4.79 Å². The summed E-state index contributed by atoms with van der Waals surface area (Å²) in [6, 6.07) is 0.0744. The largest absolute Gasteiger partial charge is 0.501 e. The molecule has 3 nitrogen and oxygen atoms in total. The fourth-order valence-electron chi connectivity index (χ4n) is 2.30. The van der Waals surface area contributed by atoms with Gasteiger partial charge < -0.3 is 10.5 Å². The highest BCUT2D eigenvalue weighted by Gasteiger charge is 2.32. The number of allylic oxidation sites excluding steroid dienone is 1. The maximum absolute atomic E-state index is 12.0. The van der Waals surface area contributed by atoms with E-state index in [4.69, 9.17) is 10.5 Å². The molecule has 1 aliphatic carbocycles. The van der Waals surface area contributed by atoms with Gasteiger partial charge >= 0.3 is 0 Å². The second-order valence-electron chi connectivity index (χ2n) is 4.18. The Morgan fingerprint density at radius 2 is 2.29 bits per heavy atom. The number of carbonyl (C=O) groups excluding carboxylic acids is 1. The van der Waals surface area contributed by atoms with Crippen LogP contribution in [0.2, 0.25) is 0 Å². The summed E-state index contributed by atoms with van der Waals surface area (Å²) in [5, 5.41) is 0. The summed E-state index contributed by atoms with van der Waals surface area (Å²) in [7, 11) is 0. The van der Waals surface area contributed by atoms with Gasteiger partial charge in [-0.05, 0) is 25.7 Å². The molecule has 0 spiro atoms. The molecule has 0 saturated heterocycles. The first-order valence-corrected chi connectivity index (χ1v) is 5.39. The van der Waals surface area contributed by atoms with Crippen LogP contribution in [0.4, 0.5) is 0 Å². The highest BCUT2D eigenvalue weighted by atomic mass is 16.5. The lowest BCUT2D eigenvalue weighted by Crippen LogP contribution is -2.32. The Morgan fingerprint density at radius 3 is 2.86 bits per heavy atom. The van der Waals surface area contributed by atoms with Gasteiger partial charge in [-0.25, -0.2) is 0 Å². The van der Waals surface area contributed by atoms with E-state index >= 15 is 0 Å².